The van der Waals surface area contributed by atoms with Crippen LogP contribution >= 0.6 is 0 Å². The number of halogens is 3. The van der Waals surface area contributed by atoms with E-state index in [2.05, 4.69) is 5.32 Å². The van der Waals surface area contributed by atoms with Crippen LogP contribution in [0.4, 0.5) is 18.9 Å². The largest absolute Gasteiger partial charge is 0.482 e. The van der Waals surface area contributed by atoms with Crippen molar-refractivity contribution in [1.82, 2.24) is 0 Å². The lowest BCUT2D eigenvalue weighted by Gasteiger charge is -2.16. The van der Waals surface area contributed by atoms with E-state index in [0.29, 0.717) is 5.75 Å². The van der Waals surface area contributed by atoms with Crippen molar-refractivity contribution >= 4 is 17.6 Å². The van der Waals surface area contributed by atoms with E-state index in [0.717, 1.165) is 29.8 Å². The van der Waals surface area contributed by atoms with Gasteiger partial charge in [0.1, 0.15) is 5.75 Å². The average Bonchev–Trinajstić information content (AvgIpc) is 2.66. The van der Waals surface area contributed by atoms with Crippen LogP contribution in [0, 0.1) is 0 Å². The fourth-order valence-corrected chi connectivity index (χ4v) is 2.50. The van der Waals surface area contributed by atoms with Crippen LogP contribution in [0.3, 0.4) is 0 Å². The Balaban J connectivity index is 1.87. The van der Waals surface area contributed by atoms with Crippen LogP contribution < -0.4 is 10.1 Å². The molecule has 29 heavy (non-hydrogen) atoms. The van der Waals surface area contributed by atoms with Crippen molar-refractivity contribution < 1.29 is 32.2 Å². The molecule has 8 heteroatoms. The lowest BCUT2D eigenvalue weighted by Crippen LogP contribution is -2.31. The number of esters is 1. The molecule has 1 atom stereocenters. The van der Waals surface area contributed by atoms with Crippen LogP contribution in [0.25, 0.3) is 0 Å². The summed E-state index contributed by atoms with van der Waals surface area (Å²) in [6.45, 7) is 4.98. The third-order valence-electron chi connectivity index (χ3n) is 4.04. The number of carbonyl (C=O) groups is 2. The fourth-order valence-electron chi connectivity index (χ4n) is 2.50. The summed E-state index contributed by atoms with van der Waals surface area (Å²) in [5, 5.41) is 2.40. The van der Waals surface area contributed by atoms with E-state index in [-0.39, 0.29) is 18.2 Å². The van der Waals surface area contributed by atoms with Crippen molar-refractivity contribution in [2.45, 2.75) is 39.0 Å². The van der Waals surface area contributed by atoms with E-state index >= 15 is 0 Å². The number of ether oxygens (including phenoxy) is 2. The van der Waals surface area contributed by atoms with E-state index in [1.165, 1.54) is 6.92 Å². The smallest absolute Gasteiger partial charge is 0.416 e. The number of nitrogens with one attached hydrogen (secondary N) is 1. The molecule has 0 unspecified atom stereocenters. The number of alkyl halides is 3. The molecule has 0 saturated heterocycles. The molecule has 2 rings (SSSR count). The van der Waals surface area contributed by atoms with Gasteiger partial charge in [0.05, 0.1) is 5.56 Å². The summed E-state index contributed by atoms with van der Waals surface area (Å²) >= 11 is 0. The Hall–Kier alpha value is -3.03. The van der Waals surface area contributed by atoms with Gasteiger partial charge in [0.15, 0.2) is 12.7 Å². The first-order chi connectivity index (χ1) is 13.6. The number of benzene rings is 2. The van der Waals surface area contributed by atoms with Gasteiger partial charge in [0.25, 0.3) is 5.91 Å². The molecule has 2 aromatic carbocycles. The molecule has 0 fully saturated rings. The maximum Gasteiger partial charge on any atom is 0.416 e. The minimum atomic E-state index is -4.46. The van der Waals surface area contributed by atoms with Gasteiger partial charge in [0.2, 0.25) is 0 Å². The molecule has 0 saturated carbocycles. The molecule has 0 aliphatic heterocycles. The molecule has 0 radical (unpaired) electrons. The summed E-state index contributed by atoms with van der Waals surface area (Å²) in [5.41, 5.74) is 0.273. The number of rotatable bonds is 7. The number of carbonyl (C=O) groups excluding carboxylic acids is 2. The van der Waals surface area contributed by atoms with E-state index in [1.54, 1.807) is 12.1 Å². The maximum absolute atomic E-state index is 12.6. The van der Waals surface area contributed by atoms with Gasteiger partial charge in [-0.05, 0) is 48.7 Å². The highest BCUT2D eigenvalue weighted by Crippen LogP contribution is 2.30. The Kier molecular flexibility index (Phi) is 7.25. The minimum Gasteiger partial charge on any atom is -0.482 e. The summed E-state index contributed by atoms with van der Waals surface area (Å²) in [4.78, 5) is 24.1. The highest BCUT2D eigenvalue weighted by Gasteiger charge is 2.30. The predicted molar refractivity (Wildman–Crippen MR) is 102 cm³/mol. The van der Waals surface area contributed by atoms with Gasteiger partial charge >= 0.3 is 12.1 Å². The van der Waals surface area contributed by atoms with Gasteiger partial charge in [-0.15, -0.1) is 0 Å². The number of amides is 1. The Bertz CT molecular complexity index is 848. The molecule has 156 valence electrons. The van der Waals surface area contributed by atoms with Gasteiger partial charge in [-0.25, -0.2) is 4.79 Å². The van der Waals surface area contributed by atoms with Crippen LogP contribution in [0.2, 0.25) is 0 Å². The van der Waals surface area contributed by atoms with Gasteiger partial charge in [0, 0.05) is 5.69 Å². The van der Waals surface area contributed by atoms with Crippen molar-refractivity contribution in [3.63, 3.8) is 0 Å². The SMILES string of the molecule is CC(C)c1ccccc1OCC(=O)O[C@H](C)C(=O)Nc1ccc(C(F)(F)F)cc1. The maximum atomic E-state index is 12.6. The lowest BCUT2D eigenvalue weighted by molar-refractivity contribution is -0.155. The second-order valence-electron chi connectivity index (χ2n) is 6.68. The van der Waals surface area contributed by atoms with Crippen LogP contribution in [0.1, 0.15) is 37.8 Å². The minimum absolute atomic E-state index is 0.160. The zero-order valence-corrected chi connectivity index (χ0v) is 16.2. The number of hydrogen-bond acceptors (Lipinski definition) is 4. The third kappa shape index (κ3) is 6.51. The molecule has 1 N–H and O–H groups in total. The second kappa shape index (κ2) is 9.45. The quantitative estimate of drug-likeness (QED) is 0.669. The van der Waals surface area contributed by atoms with Crippen molar-refractivity contribution in [3.05, 3.63) is 59.7 Å². The van der Waals surface area contributed by atoms with Crippen LogP contribution in [0.5, 0.6) is 5.75 Å². The molecular weight excluding hydrogens is 387 g/mol. The Morgan fingerprint density at radius 1 is 1.00 bits per heavy atom. The Morgan fingerprint density at radius 2 is 1.62 bits per heavy atom. The van der Waals surface area contributed by atoms with Gasteiger partial charge in [-0.2, -0.15) is 13.2 Å². The number of hydrogen-bond donors (Lipinski definition) is 1. The number of para-hydroxylation sites is 1. The molecule has 0 aliphatic carbocycles. The molecule has 5 nitrogen and oxygen atoms in total. The zero-order chi connectivity index (χ0) is 21.6. The van der Waals surface area contributed by atoms with Crippen molar-refractivity contribution in [3.8, 4) is 5.75 Å². The van der Waals surface area contributed by atoms with Crippen LogP contribution in [0.15, 0.2) is 48.5 Å². The third-order valence-corrected chi connectivity index (χ3v) is 4.04. The molecule has 2 aromatic rings. The summed E-state index contributed by atoms with van der Waals surface area (Å²) in [6.07, 6.45) is -5.60. The van der Waals surface area contributed by atoms with Gasteiger partial charge in [-0.1, -0.05) is 32.0 Å². The van der Waals surface area contributed by atoms with Gasteiger partial charge in [-0.3, -0.25) is 4.79 Å². The molecule has 0 heterocycles. The first-order valence-corrected chi connectivity index (χ1v) is 8.97. The highest BCUT2D eigenvalue weighted by molar-refractivity contribution is 5.95. The zero-order valence-electron chi connectivity index (χ0n) is 16.2. The lowest BCUT2D eigenvalue weighted by atomic mass is 10.0. The van der Waals surface area contributed by atoms with Crippen molar-refractivity contribution in [2.24, 2.45) is 0 Å². The highest BCUT2D eigenvalue weighted by atomic mass is 19.4. The van der Waals surface area contributed by atoms with E-state index in [9.17, 15) is 22.8 Å². The second-order valence-corrected chi connectivity index (χ2v) is 6.68. The summed E-state index contributed by atoms with van der Waals surface area (Å²) < 4.78 is 48.2. The molecule has 0 spiro atoms. The van der Waals surface area contributed by atoms with E-state index in [4.69, 9.17) is 9.47 Å². The molecular formula is C21H22F3NO4. The van der Waals surface area contributed by atoms with Crippen molar-refractivity contribution in [2.75, 3.05) is 11.9 Å². The van der Waals surface area contributed by atoms with E-state index < -0.39 is 29.7 Å². The standard InChI is InChI=1S/C21H22F3NO4/c1-13(2)17-6-4-5-7-18(17)28-12-19(26)29-14(3)20(27)25-16-10-8-15(9-11-16)21(22,23)24/h4-11,13-14H,12H2,1-3H3,(H,25,27)/t14-/m1/s1. The predicted octanol–water partition coefficient (Wildman–Crippen LogP) is 4.78. The number of anilines is 1. The molecule has 1 amide bonds. The Morgan fingerprint density at radius 3 is 2.21 bits per heavy atom. The fraction of sp³-hybridized carbons (Fsp3) is 0.333. The molecule has 0 bridgehead atoms. The van der Waals surface area contributed by atoms with Crippen LogP contribution in [-0.4, -0.2) is 24.6 Å². The molecule has 0 aliphatic rings. The van der Waals surface area contributed by atoms with Crippen LogP contribution in [-0.2, 0) is 20.5 Å². The normalized spacial score (nSPS) is 12.4. The summed E-state index contributed by atoms with van der Waals surface area (Å²) in [5.74, 6) is -0.642. The first kappa shape index (κ1) is 22.3. The van der Waals surface area contributed by atoms with E-state index in [1.807, 2.05) is 26.0 Å². The topological polar surface area (TPSA) is 64.6 Å². The Labute approximate surface area is 166 Å². The monoisotopic (exact) mass is 409 g/mol. The average molecular weight is 409 g/mol. The van der Waals surface area contributed by atoms with Gasteiger partial charge < -0.3 is 14.8 Å². The summed E-state index contributed by atoms with van der Waals surface area (Å²) in [6, 6.07) is 11.2. The van der Waals surface area contributed by atoms with Crippen molar-refractivity contribution in [1.29, 1.82) is 0 Å². The molecule has 0 aromatic heterocycles. The summed E-state index contributed by atoms with van der Waals surface area (Å²) in [7, 11) is 0. The first-order valence-electron chi connectivity index (χ1n) is 8.97.